The van der Waals surface area contributed by atoms with Crippen molar-refractivity contribution in [3.63, 3.8) is 0 Å². The van der Waals surface area contributed by atoms with E-state index in [-0.39, 0.29) is 12.1 Å². The van der Waals surface area contributed by atoms with E-state index in [0.29, 0.717) is 12.5 Å². The van der Waals surface area contributed by atoms with Crippen LogP contribution in [-0.4, -0.2) is 31.1 Å². The summed E-state index contributed by atoms with van der Waals surface area (Å²) in [6.07, 6.45) is 7.62. The average Bonchev–Trinajstić information content (AvgIpc) is 2.97. The first-order valence-electron chi connectivity index (χ1n) is 9.80. The van der Waals surface area contributed by atoms with Gasteiger partial charge in [-0.3, -0.25) is 0 Å². The Morgan fingerprint density at radius 2 is 2.00 bits per heavy atom. The topological polar surface area (TPSA) is 68.8 Å². The Labute approximate surface area is 154 Å². The lowest BCUT2D eigenvalue weighted by atomic mass is 9.94. The number of nitrogens with one attached hydrogen (secondary N) is 2. The summed E-state index contributed by atoms with van der Waals surface area (Å²) in [6, 6.07) is 5.42. The Morgan fingerprint density at radius 1 is 1.19 bits per heavy atom. The van der Waals surface area contributed by atoms with E-state index in [9.17, 15) is 4.79 Å². The van der Waals surface area contributed by atoms with Crippen molar-refractivity contribution in [1.82, 2.24) is 5.32 Å². The maximum absolute atomic E-state index is 12.2. The van der Waals surface area contributed by atoms with E-state index < -0.39 is 5.79 Å². The van der Waals surface area contributed by atoms with Crippen LogP contribution >= 0.6 is 0 Å². The Bertz CT molecular complexity index is 657. The molecular formula is C20H28N2O4. The van der Waals surface area contributed by atoms with E-state index in [1.165, 1.54) is 6.42 Å². The second kappa shape index (κ2) is 7.35. The summed E-state index contributed by atoms with van der Waals surface area (Å²) in [5.74, 6) is 1.49. The molecule has 26 heavy (non-hydrogen) atoms. The molecule has 2 atom stereocenters. The van der Waals surface area contributed by atoms with Crippen molar-refractivity contribution in [2.75, 3.05) is 18.5 Å². The predicted molar refractivity (Wildman–Crippen MR) is 98.7 cm³/mol. The lowest BCUT2D eigenvalue weighted by molar-refractivity contribution is -0.105. The summed E-state index contributed by atoms with van der Waals surface area (Å²) >= 11 is 0. The molecule has 1 aromatic carbocycles. The van der Waals surface area contributed by atoms with Gasteiger partial charge in [-0.15, -0.1) is 0 Å². The molecule has 1 saturated heterocycles. The quantitative estimate of drug-likeness (QED) is 0.853. The number of rotatable bonds is 3. The van der Waals surface area contributed by atoms with E-state index in [0.717, 1.165) is 62.3 Å². The number of fused-ring (bicyclic) bond motifs is 1. The molecule has 0 radical (unpaired) electrons. The Balaban J connectivity index is 1.31. The summed E-state index contributed by atoms with van der Waals surface area (Å²) in [5, 5.41) is 5.87. The third-order valence-electron chi connectivity index (χ3n) is 5.55. The summed E-state index contributed by atoms with van der Waals surface area (Å²) in [5.41, 5.74) is 0.720. The fraction of sp³-hybridized carbons (Fsp3) is 0.650. The second-order valence-corrected chi connectivity index (χ2v) is 7.74. The molecule has 0 aromatic heterocycles. The summed E-state index contributed by atoms with van der Waals surface area (Å²) in [6.45, 7) is 3.53. The van der Waals surface area contributed by atoms with Crippen molar-refractivity contribution >= 4 is 11.7 Å². The van der Waals surface area contributed by atoms with E-state index in [4.69, 9.17) is 14.2 Å². The molecule has 2 N–H and O–H groups in total. The fourth-order valence-corrected chi connectivity index (χ4v) is 4.16. The van der Waals surface area contributed by atoms with Gasteiger partial charge in [-0.1, -0.05) is 6.42 Å². The van der Waals surface area contributed by atoms with Crippen LogP contribution in [0.5, 0.6) is 11.5 Å². The van der Waals surface area contributed by atoms with Gasteiger partial charge < -0.3 is 24.8 Å². The van der Waals surface area contributed by atoms with Gasteiger partial charge in [0.15, 0.2) is 11.5 Å². The van der Waals surface area contributed by atoms with E-state index in [1.807, 2.05) is 18.2 Å². The maximum Gasteiger partial charge on any atom is 0.319 e. The van der Waals surface area contributed by atoms with Crippen molar-refractivity contribution in [3.8, 4) is 11.5 Å². The summed E-state index contributed by atoms with van der Waals surface area (Å²) in [4.78, 5) is 12.2. The van der Waals surface area contributed by atoms with Crippen LogP contribution in [0.15, 0.2) is 18.2 Å². The minimum absolute atomic E-state index is 0.185. The molecule has 1 saturated carbocycles. The third-order valence-corrected chi connectivity index (χ3v) is 5.55. The normalized spacial score (nSPS) is 26.5. The van der Waals surface area contributed by atoms with Gasteiger partial charge in [-0.2, -0.15) is 0 Å². The zero-order chi connectivity index (χ0) is 18.0. The number of amides is 2. The van der Waals surface area contributed by atoms with Crippen LogP contribution in [0.1, 0.15) is 51.9 Å². The van der Waals surface area contributed by atoms with Crippen LogP contribution in [-0.2, 0) is 4.74 Å². The molecule has 2 amide bonds. The third kappa shape index (κ3) is 3.90. The van der Waals surface area contributed by atoms with Crippen LogP contribution in [0.4, 0.5) is 10.5 Å². The standard InChI is InChI=1S/C20H28N2O4/c1-14-11-15(7-10-24-14)13-21-19(23)22-16-5-6-17-18(12-16)26-20(25-17)8-3-2-4-9-20/h5-6,12,14-15H,2-4,7-11,13H2,1H3,(H2,21,22,23). The molecule has 6 nitrogen and oxygen atoms in total. The van der Waals surface area contributed by atoms with Crippen LogP contribution in [0.3, 0.4) is 0 Å². The number of anilines is 1. The average molecular weight is 360 g/mol. The number of carbonyl (C=O) groups is 1. The SMILES string of the molecule is CC1CC(CNC(=O)Nc2ccc3c(c2)OC2(CCCCC2)O3)CCO1. The van der Waals surface area contributed by atoms with Crippen molar-refractivity contribution in [2.24, 2.45) is 5.92 Å². The van der Waals surface area contributed by atoms with Gasteiger partial charge in [0.25, 0.3) is 5.79 Å². The van der Waals surface area contributed by atoms with Crippen LogP contribution in [0, 0.1) is 5.92 Å². The number of benzene rings is 1. The highest BCUT2D eigenvalue weighted by Crippen LogP contribution is 2.46. The largest absolute Gasteiger partial charge is 0.448 e. The van der Waals surface area contributed by atoms with Crippen molar-refractivity contribution < 1.29 is 19.0 Å². The van der Waals surface area contributed by atoms with Crippen molar-refractivity contribution in [2.45, 2.75) is 63.8 Å². The molecule has 1 spiro atoms. The number of urea groups is 1. The Hall–Kier alpha value is -1.95. The molecule has 6 heteroatoms. The lowest BCUT2D eigenvalue weighted by Crippen LogP contribution is -2.40. The zero-order valence-electron chi connectivity index (χ0n) is 15.4. The molecule has 3 aliphatic rings. The van der Waals surface area contributed by atoms with Gasteiger partial charge in [-0.25, -0.2) is 4.79 Å². The van der Waals surface area contributed by atoms with E-state index in [2.05, 4.69) is 17.6 Å². The first-order chi connectivity index (χ1) is 12.6. The first kappa shape index (κ1) is 17.5. The monoisotopic (exact) mass is 360 g/mol. The molecule has 2 fully saturated rings. The van der Waals surface area contributed by atoms with Crippen LogP contribution < -0.4 is 20.1 Å². The summed E-state index contributed by atoms with van der Waals surface area (Å²) in [7, 11) is 0. The molecule has 2 heterocycles. The molecule has 2 aliphatic heterocycles. The van der Waals surface area contributed by atoms with Crippen molar-refractivity contribution in [3.05, 3.63) is 18.2 Å². The van der Waals surface area contributed by atoms with E-state index in [1.54, 1.807) is 0 Å². The maximum atomic E-state index is 12.2. The summed E-state index contributed by atoms with van der Waals surface area (Å²) < 4.78 is 17.7. The lowest BCUT2D eigenvalue weighted by Gasteiger charge is -2.31. The van der Waals surface area contributed by atoms with Gasteiger partial charge in [0.05, 0.1) is 6.10 Å². The number of hydrogen-bond acceptors (Lipinski definition) is 4. The molecule has 0 bridgehead atoms. The highest BCUT2D eigenvalue weighted by atomic mass is 16.7. The van der Waals surface area contributed by atoms with Crippen LogP contribution in [0.25, 0.3) is 0 Å². The zero-order valence-corrected chi connectivity index (χ0v) is 15.4. The minimum atomic E-state index is -0.485. The van der Waals surface area contributed by atoms with E-state index >= 15 is 0 Å². The van der Waals surface area contributed by atoms with Gasteiger partial charge >= 0.3 is 6.03 Å². The van der Waals surface area contributed by atoms with Gasteiger partial charge in [0.1, 0.15) is 0 Å². The molecule has 4 rings (SSSR count). The minimum Gasteiger partial charge on any atom is -0.448 e. The molecular weight excluding hydrogens is 332 g/mol. The molecule has 2 unspecified atom stereocenters. The van der Waals surface area contributed by atoms with Gasteiger partial charge in [-0.05, 0) is 50.7 Å². The molecule has 1 aromatic rings. The van der Waals surface area contributed by atoms with Crippen LogP contribution in [0.2, 0.25) is 0 Å². The Morgan fingerprint density at radius 3 is 2.81 bits per heavy atom. The highest BCUT2D eigenvalue weighted by Gasteiger charge is 2.42. The molecule has 1 aliphatic carbocycles. The number of hydrogen-bond donors (Lipinski definition) is 2. The van der Waals surface area contributed by atoms with Gasteiger partial charge in [0.2, 0.25) is 0 Å². The Kier molecular flexibility index (Phi) is 4.94. The first-order valence-corrected chi connectivity index (χ1v) is 9.80. The fourth-order valence-electron chi connectivity index (χ4n) is 4.16. The van der Waals surface area contributed by atoms with Gasteiger partial charge in [0, 0.05) is 37.7 Å². The number of carbonyl (C=O) groups excluding carboxylic acids is 1. The number of ether oxygens (including phenoxy) is 3. The van der Waals surface area contributed by atoms with Crippen molar-refractivity contribution in [1.29, 1.82) is 0 Å². The molecule has 142 valence electrons. The predicted octanol–water partition coefficient (Wildman–Crippen LogP) is 4.05. The smallest absolute Gasteiger partial charge is 0.319 e. The highest BCUT2D eigenvalue weighted by molar-refractivity contribution is 5.89. The second-order valence-electron chi connectivity index (χ2n) is 7.74.